The SMILES string of the molecule is CS(=O)(=O)O.CS(=O)(=O)O.c1ccc2[nH]ccc2c1.c1ccc2[nH]ccc2c1.c1ccc2[nH]ccc2c1.c1ccc2[nH]ccc2c1. The summed E-state index contributed by atoms with van der Waals surface area (Å²) in [5.41, 5.74) is 4.82. The topological polar surface area (TPSA) is 172 Å². The number of aromatic nitrogens is 4. The second-order valence-corrected chi connectivity index (χ2v) is 12.7. The van der Waals surface area contributed by atoms with E-state index in [1.54, 1.807) is 0 Å². The second kappa shape index (κ2) is 17.4. The minimum Gasteiger partial charge on any atom is -0.361 e. The van der Waals surface area contributed by atoms with Gasteiger partial charge >= 0.3 is 0 Å². The van der Waals surface area contributed by atoms with Crippen LogP contribution in [0.2, 0.25) is 0 Å². The van der Waals surface area contributed by atoms with E-state index in [0.29, 0.717) is 12.5 Å². The van der Waals surface area contributed by atoms with Gasteiger partial charge in [-0.05, 0) is 70.1 Å². The van der Waals surface area contributed by atoms with E-state index in [2.05, 4.69) is 92.7 Å². The molecule has 0 saturated carbocycles. The minimum atomic E-state index is -3.67. The molecule has 0 spiro atoms. The number of hydrogen-bond acceptors (Lipinski definition) is 4. The van der Waals surface area contributed by atoms with Crippen molar-refractivity contribution in [3.05, 3.63) is 146 Å². The van der Waals surface area contributed by atoms with Gasteiger partial charge < -0.3 is 19.9 Å². The Bertz CT molecular complexity index is 1840. The summed E-state index contributed by atoms with van der Waals surface area (Å²) >= 11 is 0. The summed E-state index contributed by atoms with van der Waals surface area (Å²) in [6.07, 6.45) is 9.23. The van der Waals surface area contributed by atoms with E-state index >= 15 is 0 Å². The average molecular weight is 661 g/mol. The molecule has 6 N–H and O–H groups in total. The van der Waals surface area contributed by atoms with Crippen LogP contribution in [0.3, 0.4) is 0 Å². The standard InChI is InChI=1S/4C8H7N.2CH4O3S/c4*1-2-4-8-7(3-1)5-6-9-8;2*1-5(2,3)4/h4*1-6,9H;2*1H3,(H,2,3,4). The summed E-state index contributed by atoms with van der Waals surface area (Å²) in [5.74, 6) is 0. The van der Waals surface area contributed by atoms with Gasteiger partial charge in [0.05, 0.1) is 12.5 Å². The number of hydrogen-bond donors (Lipinski definition) is 6. The van der Waals surface area contributed by atoms with Crippen molar-refractivity contribution in [2.45, 2.75) is 0 Å². The van der Waals surface area contributed by atoms with Crippen molar-refractivity contribution in [2.75, 3.05) is 12.5 Å². The first-order chi connectivity index (χ1) is 21.9. The first-order valence-electron chi connectivity index (χ1n) is 13.8. The van der Waals surface area contributed by atoms with Crippen molar-refractivity contribution in [2.24, 2.45) is 0 Å². The summed E-state index contributed by atoms with van der Waals surface area (Å²) in [5, 5.41) is 5.10. The molecule has 10 nitrogen and oxygen atoms in total. The highest BCUT2D eigenvalue weighted by molar-refractivity contribution is 7.85. The van der Waals surface area contributed by atoms with E-state index in [-0.39, 0.29) is 0 Å². The first-order valence-corrected chi connectivity index (χ1v) is 17.5. The summed E-state index contributed by atoms with van der Waals surface area (Å²) < 4.78 is 51.7. The van der Waals surface area contributed by atoms with Crippen molar-refractivity contribution >= 4 is 63.8 Å². The van der Waals surface area contributed by atoms with Gasteiger partial charge in [0.25, 0.3) is 20.2 Å². The zero-order valence-electron chi connectivity index (χ0n) is 25.2. The van der Waals surface area contributed by atoms with Crippen LogP contribution in [0.5, 0.6) is 0 Å². The average Bonchev–Trinajstić information content (AvgIpc) is 3.83. The van der Waals surface area contributed by atoms with Crippen LogP contribution in [0.1, 0.15) is 0 Å². The molecule has 0 atom stereocenters. The third-order valence-electron chi connectivity index (χ3n) is 5.85. The maximum atomic E-state index is 9.19. The zero-order chi connectivity index (χ0) is 33.4. The summed E-state index contributed by atoms with van der Waals surface area (Å²) in [7, 11) is -7.33. The fraction of sp³-hybridized carbons (Fsp3) is 0.0588. The number of fused-ring (bicyclic) bond motifs is 4. The fourth-order valence-electron chi connectivity index (χ4n) is 3.98. The van der Waals surface area contributed by atoms with E-state index < -0.39 is 20.2 Å². The number of para-hydroxylation sites is 4. The lowest BCUT2D eigenvalue weighted by Gasteiger charge is -1.83. The zero-order valence-corrected chi connectivity index (χ0v) is 26.8. The predicted octanol–water partition coefficient (Wildman–Crippen LogP) is 7.68. The Kier molecular flexibility index (Phi) is 13.3. The maximum Gasteiger partial charge on any atom is 0.261 e. The van der Waals surface area contributed by atoms with Gasteiger partial charge in [-0.1, -0.05) is 72.8 Å². The van der Waals surface area contributed by atoms with Crippen LogP contribution in [-0.4, -0.2) is 58.4 Å². The van der Waals surface area contributed by atoms with Crippen molar-refractivity contribution in [3.63, 3.8) is 0 Å². The van der Waals surface area contributed by atoms with Gasteiger partial charge in [0.15, 0.2) is 0 Å². The quantitative estimate of drug-likeness (QED) is 0.0911. The van der Waals surface area contributed by atoms with Gasteiger partial charge in [-0.25, -0.2) is 0 Å². The Morgan fingerprint density at radius 2 is 0.543 bits per heavy atom. The third-order valence-corrected chi connectivity index (χ3v) is 5.85. The molecule has 0 saturated heterocycles. The number of H-pyrrole nitrogens is 4. The highest BCUT2D eigenvalue weighted by atomic mass is 32.2. The Morgan fingerprint density at radius 3 is 0.717 bits per heavy atom. The molecule has 0 aliphatic rings. The summed E-state index contributed by atoms with van der Waals surface area (Å²) in [6, 6.07) is 41.1. The molecule has 12 heteroatoms. The largest absolute Gasteiger partial charge is 0.361 e. The van der Waals surface area contributed by atoms with Crippen LogP contribution in [0.25, 0.3) is 43.6 Å². The van der Waals surface area contributed by atoms with Crippen molar-refractivity contribution in [1.29, 1.82) is 0 Å². The number of nitrogens with one attached hydrogen (secondary N) is 4. The van der Waals surface area contributed by atoms with Gasteiger partial charge in [-0.2, -0.15) is 16.8 Å². The van der Waals surface area contributed by atoms with Crippen LogP contribution in [0.15, 0.2) is 146 Å². The molecule has 0 bridgehead atoms. The lowest BCUT2D eigenvalue weighted by atomic mass is 10.3. The molecule has 0 aliphatic heterocycles. The molecule has 0 amide bonds. The van der Waals surface area contributed by atoms with Gasteiger partial charge in [0.2, 0.25) is 0 Å². The normalized spacial score (nSPS) is 10.5. The molecule has 240 valence electrons. The molecule has 0 fully saturated rings. The molecule has 46 heavy (non-hydrogen) atoms. The van der Waals surface area contributed by atoms with Gasteiger partial charge in [0.1, 0.15) is 0 Å². The molecule has 0 unspecified atom stereocenters. The van der Waals surface area contributed by atoms with E-state index in [1.165, 1.54) is 43.6 Å². The Labute approximate surface area is 267 Å². The number of aromatic amines is 4. The van der Waals surface area contributed by atoms with E-state index in [9.17, 15) is 16.8 Å². The summed E-state index contributed by atoms with van der Waals surface area (Å²) in [4.78, 5) is 12.5. The van der Waals surface area contributed by atoms with Crippen LogP contribution < -0.4 is 0 Å². The molecule has 8 rings (SSSR count). The highest BCUT2D eigenvalue weighted by Crippen LogP contribution is 2.11. The fourth-order valence-corrected chi connectivity index (χ4v) is 3.98. The van der Waals surface area contributed by atoms with Gasteiger partial charge in [-0.15, -0.1) is 0 Å². The first kappa shape index (κ1) is 35.3. The maximum absolute atomic E-state index is 9.19. The lowest BCUT2D eigenvalue weighted by molar-refractivity contribution is 0.488. The van der Waals surface area contributed by atoms with E-state index in [4.69, 9.17) is 9.11 Å². The van der Waals surface area contributed by atoms with Crippen LogP contribution >= 0.6 is 0 Å². The van der Waals surface area contributed by atoms with Gasteiger partial charge in [-0.3, -0.25) is 9.11 Å². The molecule has 8 aromatic rings. The van der Waals surface area contributed by atoms with Crippen LogP contribution in [0.4, 0.5) is 0 Å². The van der Waals surface area contributed by atoms with Crippen LogP contribution in [0, 0.1) is 0 Å². The minimum absolute atomic E-state index is 0.715. The molecule has 0 radical (unpaired) electrons. The smallest absolute Gasteiger partial charge is 0.261 e. The Balaban J connectivity index is 0.000000153. The highest BCUT2D eigenvalue weighted by Gasteiger charge is 1.89. The monoisotopic (exact) mass is 660 g/mol. The van der Waals surface area contributed by atoms with Gasteiger partial charge in [0, 0.05) is 46.9 Å². The van der Waals surface area contributed by atoms with E-state index in [0.717, 1.165) is 0 Å². The Morgan fingerprint density at radius 1 is 0.370 bits per heavy atom. The Hall–Kier alpha value is -5.14. The molecular formula is C34H36N4O6S2. The predicted molar refractivity (Wildman–Crippen MR) is 188 cm³/mol. The lowest BCUT2D eigenvalue weighted by Crippen LogP contribution is -1.88. The summed E-state index contributed by atoms with van der Waals surface area (Å²) in [6.45, 7) is 0. The molecule has 4 heterocycles. The molecule has 4 aromatic carbocycles. The second-order valence-electron chi connectivity index (χ2n) is 9.73. The number of rotatable bonds is 0. The number of benzene rings is 4. The van der Waals surface area contributed by atoms with Crippen molar-refractivity contribution < 1.29 is 25.9 Å². The van der Waals surface area contributed by atoms with Crippen molar-refractivity contribution in [3.8, 4) is 0 Å². The van der Waals surface area contributed by atoms with Crippen molar-refractivity contribution in [1.82, 2.24) is 19.9 Å². The molecule has 4 aromatic heterocycles. The van der Waals surface area contributed by atoms with Crippen LogP contribution in [-0.2, 0) is 20.2 Å². The molecular weight excluding hydrogens is 625 g/mol. The molecule has 0 aliphatic carbocycles. The third kappa shape index (κ3) is 14.1. The van der Waals surface area contributed by atoms with E-state index in [1.807, 2.05) is 73.3 Å².